The Bertz CT molecular complexity index is 2580. The van der Waals surface area contributed by atoms with Crippen LogP contribution in [0.15, 0.2) is 41.5 Å². The van der Waals surface area contributed by atoms with Crippen molar-refractivity contribution in [1.82, 2.24) is 29.2 Å². The quantitative estimate of drug-likeness (QED) is 0.134. The van der Waals surface area contributed by atoms with Crippen LogP contribution in [0.5, 0.6) is 0 Å². The minimum absolute atomic E-state index is 0.0448. The van der Waals surface area contributed by atoms with Crippen LogP contribution >= 0.6 is 0 Å². The minimum atomic E-state index is -1.92. The van der Waals surface area contributed by atoms with Gasteiger partial charge < -0.3 is 64.0 Å². The third kappa shape index (κ3) is 14.2. The molecule has 0 spiro atoms. The van der Waals surface area contributed by atoms with Gasteiger partial charge in [-0.2, -0.15) is 0 Å². The zero-order valence-electron chi connectivity index (χ0n) is 46.9. The van der Waals surface area contributed by atoms with Crippen molar-refractivity contribution in [1.29, 1.82) is 0 Å². The molecule has 0 radical (unpaired) electrons. The summed E-state index contributed by atoms with van der Waals surface area (Å²) in [5, 5.41) is 35.7. The first-order valence-corrected chi connectivity index (χ1v) is 27.0. The van der Waals surface area contributed by atoms with Gasteiger partial charge in [-0.25, -0.2) is 9.37 Å². The van der Waals surface area contributed by atoms with Crippen LogP contribution in [0.1, 0.15) is 104 Å². The van der Waals surface area contributed by atoms with Crippen molar-refractivity contribution in [3.05, 3.63) is 64.0 Å². The SMILES string of the molecule is CC[C@H]1OC(=O)[C@H](C)[C@@H](OC(=O)Cc2ccccn2)[C@H](C)[C@@H](O[C@@H]2O[C@H](C)C[C@H](N(C)C)[C@H]2O)[C@](C)(OC(=O)CCN2CCN(c3nc4c(cc3F)c(=O)c(C(N)=O)cn4CC)CC2)C[C@@H](C)CN(C)[C@H](C)[C@@H](O)[C@]1(C)O. The predicted octanol–water partition coefficient (Wildman–Crippen LogP) is 2.90. The highest BCUT2D eigenvalue weighted by molar-refractivity contribution is 5.96. The average molecular weight is 1080 g/mol. The summed E-state index contributed by atoms with van der Waals surface area (Å²) >= 11 is 0. The summed E-state index contributed by atoms with van der Waals surface area (Å²) in [4.78, 5) is 84.7. The summed E-state index contributed by atoms with van der Waals surface area (Å²) in [6.45, 7) is 17.9. The van der Waals surface area contributed by atoms with Gasteiger partial charge in [0.25, 0.3) is 5.91 Å². The highest BCUT2D eigenvalue weighted by atomic mass is 19.1. The number of amides is 1. The first-order chi connectivity index (χ1) is 36.2. The first kappa shape index (κ1) is 61.0. The monoisotopic (exact) mass is 1080 g/mol. The number of pyridine rings is 3. The highest BCUT2D eigenvalue weighted by Gasteiger charge is 2.53. The Labute approximate surface area is 451 Å². The first-order valence-electron chi connectivity index (χ1n) is 27.0. The lowest BCUT2D eigenvalue weighted by Gasteiger charge is -2.48. The number of primary amides is 1. The molecule has 14 atom stereocenters. The number of aryl methyl sites for hydroxylation is 1. The molecule has 77 heavy (non-hydrogen) atoms. The van der Waals surface area contributed by atoms with Gasteiger partial charge in [0.2, 0.25) is 5.43 Å². The van der Waals surface area contributed by atoms with Crippen LogP contribution in [0.3, 0.4) is 0 Å². The van der Waals surface area contributed by atoms with Crippen molar-refractivity contribution in [2.24, 2.45) is 23.5 Å². The number of likely N-dealkylation sites (N-methyl/N-ethyl adjacent to an activating group) is 2. The van der Waals surface area contributed by atoms with Crippen LogP contribution < -0.4 is 16.1 Å². The Balaban J connectivity index is 1.34. The van der Waals surface area contributed by atoms with Gasteiger partial charge in [0.1, 0.15) is 52.9 Å². The number of hydrogen-bond donors (Lipinski definition) is 4. The van der Waals surface area contributed by atoms with Crippen LogP contribution in [0, 0.1) is 23.6 Å². The summed E-state index contributed by atoms with van der Waals surface area (Å²) in [6, 6.07) is 5.13. The number of ether oxygens (including phenoxy) is 5. The van der Waals surface area contributed by atoms with Crippen molar-refractivity contribution in [2.75, 3.05) is 65.3 Å². The second kappa shape index (κ2) is 25.7. The molecule has 3 aliphatic heterocycles. The van der Waals surface area contributed by atoms with E-state index in [9.17, 15) is 39.3 Å². The summed E-state index contributed by atoms with van der Waals surface area (Å²) in [7, 11) is 5.49. The average Bonchev–Trinajstić information content (AvgIpc) is 3.39. The number of halogens is 1. The van der Waals surface area contributed by atoms with E-state index in [0.717, 1.165) is 6.07 Å². The number of carbonyl (C=O) groups excluding carboxylic acids is 4. The maximum atomic E-state index is 15.8. The fourth-order valence-electron chi connectivity index (χ4n) is 11.5. The van der Waals surface area contributed by atoms with E-state index in [0.29, 0.717) is 51.4 Å². The molecule has 3 aromatic rings. The van der Waals surface area contributed by atoms with Gasteiger partial charge >= 0.3 is 17.9 Å². The van der Waals surface area contributed by atoms with Gasteiger partial charge in [-0.1, -0.05) is 26.8 Å². The van der Waals surface area contributed by atoms with E-state index < -0.39 is 107 Å². The summed E-state index contributed by atoms with van der Waals surface area (Å²) in [6.07, 6.45) is -4.74. The molecule has 3 saturated heterocycles. The number of piperazine rings is 1. The molecular formula is C55H83FN8O13. The normalized spacial score (nSPS) is 32.5. The molecule has 0 bridgehead atoms. The zero-order valence-corrected chi connectivity index (χ0v) is 46.9. The minimum Gasteiger partial charge on any atom is -0.461 e. The van der Waals surface area contributed by atoms with Crippen molar-refractivity contribution in [2.45, 2.75) is 167 Å². The lowest BCUT2D eigenvalue weighted by atomic mass is 9.77. The van der Waals surface area contributed by atoms with Gasteiger partial charge in [-0.15, -0.1) is 0 Å². The number of carbonyl (C=O) groups is 4. The van der Waals surface area contributed by atoms with E-state index in [1.54, 1.807) is 75.5 Å². The largest absolute Gasteiger partial charge is 0.461 e. The van der Waals surface area contributed by atoms with Gasteiger partial charge in [-0.3, -0.25) is 33.9 Å². The maximum absolute atomic E-state index is 15.8. The number of nitrogens with zero attached hydrogens (tertiary/aromatic N) is 7. The van der Waals surface area contributed by atoms with Crippen molar-refractivity contribution in [3.8, 4) is 0 Å². The second-order valence-corrected chi connectivity index (χ2v) is 22.3. The third-order valence-corrected chi connectivity index (χ3v) is 16.0. The number of aromatic nitrogens is 3. The molecule has 6 heterocycles. The van der Waals surface area contributed by atoms with Crippen molar-refractivity contribution < 1.29 is 62.6 Å². The van der Waals surface area contributed by atoms with Crippen LogP contribution in [0.25, 0.3) is 11.0 Å². The van der Waals surface area contributed by atoms with E-state index in [-0.39, 0.29) is 66.7 Å². The lowest BCUT2D eigenvalue weighted by Crippen LogP contribution is -2.60. The second-order valence-electron chi connectivity index (χ2n) is 22.3. The number of cyclic esters (lactones) is 1. The number of rotatable bonds is 14. The molecule has 1 amide bonds. The van der Waals surface area contributed by atoms with E-state index in [1.165, 1.54) is 20.0 Å². The van der Waals surface area contributed by atoms with Gasteiger partial charge in [-0.05, 0) is 106 Å². The zero-order chi connectivity index (χ0) is 56.8. The van der Waals surface area contributed by atoms with Gasteiger partial charge in [0.05, 0.1) is 35.9 Å². The topological polar surface area (TPSA) is 262 Å². The molecule has 0 saturated carbocycles. The van der Waals surface area contributed by atoms with Crippen LogP contribution in [0.4, 0.5) is 10.2 Å². The number of anilines is 1. The lowest BCUT2D eigenvalue weighted by molar-refractivity contribution is -0.301. The van der Waals surface area contributed by atoms with Crippen molar-refractivity contribution in [3.63, 3.8) is 0 Å². The molecule has 0 aliphatic carbocycles. The molecular weight excluding hydrogens is 1000 g/mol. The number of fused-ring (bicyclic) bond motifs is 1. The molecule has 3 aliphatic rings. The standard InChI is InChI=1S/C55H83FN8O13/c1-13-41-55(9,72)47(69)35(7)61(12)29-31(3)28-54(8,77-42(65)18-20-62-21-23-64(24-22-62)51-39(56)27-37-44(67)38(49(57)70)30-63(14-2)50(37)59-51)48(76-53-45(68)40(60(10)11)25-32(4)73-53)33(5)46(34(6)52(71)74-41)75-43(66)26-36-17-15-16-19-58-36/h15-17,19,27,30-35,40-41,45-48,53,68-69,72H,13-14,18,20-26,28-29H2,1-12H3,(H2,57,70)/t31-,32-,33+,34-,35-,40+,41-,45-,46+,47-,48-,53+,54-,55-/m1/s1. The van der Waals surface area contributed by atoms with Gasteiger partial charge in [0, 0.05) is 76.2 Å². The number of esters is 3. The van der Waals surface area contributed by atoms with Gasteiger partial charge in [0.15, 0.2) is 17.9 Å². The third-order valence-electron chi connectivity index (χ3n) is 16.0. The molecule has 3 aromatic heterocycles. The number of aliphatic hydroxyl groups is 3. The number of aliphatic hydroxyl groups excluding tert-OH is 2. The number of hydrogen-bond acceptors (Lipinski definition) is 19. The Morgan fingerprint density at radius 3 is 2.31 bits per heavy atom. The van der Waals surface area contributed by atoms with E-state index in [4.69, 9.17) is 29.4 Å². The smallest absolute Gasteiger partial charge is 0.312 e. The van der Waals surface area contributed by atoms with Crippen LogP contribution in [0.2, 0.25) is 0 Å². The summed E-state index contributed by atoms with van der Waals surface area (Å²) < 4.78 is 49.8. The van der Waals surface area contributed by atoms with Crippen molar-refractivity contribution >= 4 is 40.7 Å². The molecule has 5 N–H and O–H groups in total. The number of nitrogens with two attached hydrogens (primary N) is 1. The van der Waals surface area contributed by atoms with E-state index in [2.05, 4.69) is 9.97 Å². The molecule has 0 unspecified atom stereocenters. The van der Waals surface area contributed by atoms with Crippen LogP contribution in [-0.2, 0) is 51.0 Å². The molecule has 22 heteroatoms. The summed E-state index contributed by atoms with van der Waals surface area (Å²) in [5.74, 6) is -6.30. The molecule has 21 nitrogen and oxygen atoms in total. The molecule has 6 rings (SSSR count). The van der Waals surface area contributed by atoms with E-state index in [1.807, 2.05) is 42.6 Å². The molecule has 0 aromatic carbocycles. The predicted molar refractivity (Wildman–Crippen MR) is 284 cm³/mol. The Hall–Kier alpha value is -5.20. The van der Waals surface area contributed by atoms with E-state index >= 15 is 4.39 Å². The van der Waals surface area contributed by atoms with Crippen LogP contribution in [-0.4, -0.2) is 195 Å². The summed E-state index contributed by atoms with van der Waals surface area (Å²) in [5.41, 5.74) is 1.60. The molecule has 428 valence electrons. The fraction of sp³-hybridized carbons (Fsp3) is 0.691. The Morgan fingerprint density at radius 1 is 1.01 bits per heavy atom. The maximum Gasteiger partial charge on any atom is 0.312 e. The highest BCUT2D eigenvalue weighted by Crippen LogP contribution is 2.40. The molecule has 3 fully saturated rings. The fourth-order valence-corrected chi connectivity index (χ4v) is 11.5. The Kier molecular flexibility index (Phi) is 20.4. The Morgan fingerprint density at radius 2 is 1.70 bits per heavy atom.